The van der Waals surface area contributed by atoms with Gasteiger partial charge in [0.15, 0.2) is 0 Å². The number of rotatable bonds is 5. The molecule has 2 aromatic rings. The van der Waals surface area contributed by atoms with E-state index in [0.717, 1.165) is 26.9 Å². The predicted molar refractivity (Wildman–Crippen MR) is 91.9 cm³/mol. The maximum Gasteiger partial charge on any atom is 0.319 e. The molecule has 0 fully saturated rings. The van der Waals surface area contributed by atoms with Crippen LogP contribution in [0.1, 0.15) is 16.7 Å². The average molecular weight is 363 g/mol. The van der Waals surface area contributed by atoms with Crippen molar-refractivity contribution in [1.29, 1.82) is 0 Å². The van der Waals surface area contributed by atoms with Crippen molar-refractivity contribution in [1.82, 2.24) is 5.32 Å². The number of benzene rings is 2. The summed E-state index contributed by atoms with van der Waals surface area (Å²) in [4.78, 5) is 11.9. The van der Waals surface area contributed by atoms with Crippen molar-refractivity contribution in [2.24, 2.45) is 0 Å². The zero-order valence-electron chi connectivity index (χ0n) is 12.7. The van der Waals surface area contributed by atoms with E-state index >= 15 is 0 Å². The van der Waals surface area contributed by atoms with Crippen LogP contribution in [-0.4, -0.2) is 13.1 Å². The number of amides is 2. The third-order valence-corrected chi connectivity index (χ3v) is 4.07. The van der Waals surface area contributed by atoms with Crippen LogP contribution >= 0.6 is 15.9 Å². The third-order valence-electron chi connectivity index (χ3n) is 3.22. The number of anilines is 1. The summed E-state index contributed by atoms with van der Waals surface area (Å²) in [6.45, 7) is 3.07. The summed E-state index contributed by atoms with van der Waals surface area (Å²) in [5, 5.41) is 5.65. The SMILES string of the molecule is COCc1ccc(CNC(=O)Nc2ccc(C)c(Br)c2)cc1. The Morgan fingerprint density at radius 2 is 1.82 bits per heavy atom. The Morgan fingerprint density at radius 1 is 1.14 bits per heavy atom. The third kappa shape index (κ3) is 4.86. The molecule has 0 saturated carbocycles. The molecule has 0 atom stereocenters. The van der Waals surface area contributed by atoms with Gasteiger partial charge in [0, 0.05) is 23.8 Å². The second kappa shape index (κ2) is 7.96. The molecule has 0 aliphatic carbocycles. The Bertz CT molecular complexity index is 642. The van der Waals surface area contributed by atoms with E-state index in [4.69, 9.17) is 4.74 Å². The molecule has 2 amide bonds. The van der Waals surface area contributed by atoms with Gasteiger partial charge in [0.25, 0.3) is 0 Å². The molecular weight excluding hydrogens is 344 g/mol. The zero-order valence-corrected chi connectivity index (χ0v) is 14.2. The first kappa shape index (κ1) is 16.5. The molecule has 0 aliphatic rings. The van der Waals surface area contributed by atoms with Crippen molar-refractivity contribution in [2.45, 2.75) is 20.1 Å². The van der Waals surface area contributed by atoms with Gasteiger partial charge in [-0.1, -0.05) is 46.3 Å². The number of ether oxygens (including phenoxy) is 1. The first-order valence-corrected chi connectivity index (χ1v) is 7.75. The maximum absolute atomic E-state index is 11.9. The van der Waals surface area contributed by atoms with E-state index in [2.05, 4.69) is 26.6 Å². The minimum absolute atomic E-state index is 0.225. The van der Waals surface area contributed by atoms with E-state index in [0.29, 0.717) is 13.2 Å². The number of halogens is 1. The lowest BCUT2D eigenvalue weighted by atomic mass is 10.1. The molecule has 0 bridgehead atoms. The molecule has 0 heterocycles. The van der Waals surface area contributed by atoms with Crippen molar-refractivity contribution < 1.29 is 9.53 Å². The smallest absolute Gasteiger partial charge is 0.319 e. The van der Waals surface area contributed by atoms with Gasteiger partial charge >= 0.3 is 6.03 Å². The van der Waals surface area contributed by atoms with Gasteiger partial charge < -0.3 is 15.4 Å². The fourth-order valence-electron chi connectivity index (χ4n) is 1.95. The summed E-state index contributed by atoms with van der Waals surface area (Å²) >= 11 is 3.45. The van der Waals surface area contributed by atoms with Gasteiger partial charge in [0.05, 0.1) is 6.61 Å². The van der Waals surface area contributed by atoms with E-state index in [1.807, 2.05) is 49.4 Å². The minimum Gasteiger partial charge on any atom is -0.380 e. The number of hydrogen-bond acceptors (Lipinski definition) is 2. The maximum atomic E-state index is 11.9. The standard InChI is InChI=1S/C17H19BrN2O2/c1-12-3-8-15(9-16(12)18)20-17(21)19-10-13-4-6-14(7-5-13)11-22-2/h3-9H,10-11H2,1-2H3,(H2,19,20,21). The molecule has 0 spiro atoms. The number of nitrogens with one attached hydrogen (secondary N) is 2. The van der Waals surface area contributed by atoms with Gasteiger partial charge in [-0.2, -0.15) is 0 Å². The normalized spacial score (nSPS) is 10.3. The van der Waals surface area contributed by atoms with Crippen molar-refractivity contribution in [2.75, 3.05) is 12.4 Å². The lowest BCUT2D eigenvalue weighted by molar-refractivity contribution is 0.185. The predicted octanol–water partition coefficient (Wildman–Crippen LogP) is 4.23. The summed E-state index contributed by atoms with van der Waals surface area (Å²) in [6, 6.07) is 13.4. The highest BCUT2D eigenvalue weighted by Gasteiger charge is 2.03. The molecule has 2 rings (SSSR count). The van der Waals surface area contributed by atoms with E-state index in [1.54, 1.807) is 7.11 Å². The van der Waals surface area contributed by atoms with Crippen LogP contribution < -0.4 is 10.6 Å². The van der Waals surface area contributed by atoms with E-state index < -0.39 is 0 Å². The molecule has 0 aromatic heterocycles. The topological polar surface area (TPSA) is 50.4 Å². The Morgan fingerprint density at radius 3 is 2.45 bits per heavy atom. The van der Waals surface area contributed by atoms with Crippen molar-refractivity contribution in [3.8, 4) is 0 Å². The molecule has 2 N–H and O–H groups in total. The highest BCUT2D eigenvalue weighted by atomic mass is 79.9. The van der Waals surface area contributed by atoms with Crippen LogP contribution in [0.2, 0.25) is 0 Å². The van der Waals surface area contributed by atoms with Crippen LogP contribution in [0.5, 0.6) is 0 Å². The van der Waals surface area contributed by atoms with Crippen LogP contribution in [0.25, 0.3) is 0 Å². The van der Waals surface area contributed by atoms with Gasteiger partial charge in [-0.05, 0) is 35.7 Å². The van der Waals surface area contributed by atoms with Gasteiger partial charge in [0.1, 0.15) is 0 Å². The van der Waals surface area contributed by atoms with Gasteiger partial charge in [-0.15, -0.1) is 0 Å². The molecule has 0 saturated heterocycles. The Hall–Kier alpha value is -1.85. The molecule has 116 valence electrons. The van der Waals surface area contributed by atoms with Gasteiger partial charge in [-0.25, -0.2) is 4.79 Å². The first-order valence-electron chi connectivity index (χ1n) is 6.96. The molecule has 5 heteroatoms. The van der Waals surface area contributed by atoms with Crippen LogP contribution in [0.3, 0.4) is 0 Å². The van der Waals surface area contributed by atoms with Crippen LogP contribution in [-0.2, 0) is 17.9 Å². The number of aryl methyl sites for hydroxylation is 1. The molecule has 22 heavy (non-hydrogen) atoms. The van der Waals surface area contributed by atoms with Crippen molar-refractivity contribution in [3.63, 3.8) is 0 Å². The summed E-state index contributed by atoms with van der Waals surface area (Å²) in [5.41, 5.74) is 4.04. The fourth-order valence-corrected chi connectivity index (χ4v) is 2.33. The van der Waals surface area contributed by atoms with Crippen molar-refractivity contribution in [3.05, 3.63) is 63.6 Å². The highest BCUT2D eigenvalue weighted by molar-refractivity contribution is 9.10. The number of hydrogen-bond donors (Lipinski definition) is 2. The van der Waals surface area contributed by atoms with Crippen LogP contribution in [0, 0.1) is 6.92 Å². The second-order valence-corrected chi connectivity index (χ2v) is 5.88. The van der Waals surface area contributed by atoms with Crippen LogP contribution in [0.15, 0.2) is 46.9 Å². The number of methoxy groups -OCH3 is 1. The minimum atomic E-state index is -0.225. The summed E-state index contributed by atoms with van der Waals surface area (Å²) in [5.74, 6) is 0. The zero-order chi connectivity index (χ0) is 15.9. The number of urea groups is 1. The van der Waals surface area contributed by atoms with E-state index in [1.165, 1.54) is 0 Å². The molecule has 0 unspecified atom stereocenters. The Kier molecular flexibility index (Phi) is 5.98. The van der Waals surface area contributed by atoms with Crippen LogP contribution in [0.4, 0.5) is 10.5 Å². The van der Waals surface area contributed by atoms with Crippen molar-refractivity contribution >= 4 is 27.6 Å². The molecule has 0 aliphatic heterocycles. The first-order chi connectivity index (χ1) is 10.6. The molecule has 4 nitrogen and oxygen atoms in total. The quantitative estimate of drug-likeness (QED) is 0.836. The average Bonchev–Trinajstić information content (AvgIpc) is 2.51. The number of carbonyl (C=O) groups is 1. The van der Waals surface area contributed by atoms with Gasteiger partial charge in [-0.3, -0.25) is 0 Å². The molecular formula is C17H19BrN2O2. The summed E-state index contributed by atoms with van der Waals surface area (Å²) in [7, 11) is 1.67. The molecule has 2 aromatic carbocycles. The van der Waals surface area contributed by atoms with E-state index in [9.17, 15) is 4.79 Å². The lowest BCUT2D eigenvalue weighted by Gasteiger charge is -2.09. The lowest BCUT2D eigenvalue weighted by Crippen LogP contribution is -2.28. The second-order valence-electron chi connectivity index (χ2n) is 5.02. The fraction of sp³-hybridized carbons (Fsp3) is 0.235. The summed E-state index contributed by atoms with van der Waals surface area (Å²) < 4.78 is 6.04. The monoisotopic (exact) mass is 362 g/mol. The number of carbonyl (C=O) groups excluding carboxylic acids is 1. The van der Waals surface area contributed by atoms with E-state index in [-0.39, 0.29) is 6.03 Å². The Balaban J connectivity index is 1.85. The highest BCUT2D eigenvalue weighted by Crippen LogP contribution is 2.20. The Labute approximate surface area is 139 Å². The largest absolute Gasteiger partial charge is 0.380 e. The summed E-state index contributed by atoms with van der Waals surface area (Å²) in [6.07, 6.45) is 0. The molecule has 0 radical (unpaired) electrons. The van der Waals surface area contributed by atoms with Gasteiger partial charge in [0.2, 0.25) is 0 Å².